The number of amides is 1. The molecule has 2 aromatic rings. The first-order chi connectivity index (χ1) is 12.8. The first kappa shape index (κ1) is 17.5. The minimum absolute atomic E-state index is 0.203. The summed E-state index contributed by atoms with van der Waals surface area (Å²) in [6.45, 7) is 0.866. The fraction of sp³-hybridized carbons (Fsp3) is 0.579. The molecule has 0 bridgehead atoms. The number of carbonyl (C=O) groups excluding carboxylic acids is 1. The summed E-state index contributed by atoms with van der Waals surface area (Å²) in [7, 11) is 0. The van der Waals surface area contributed by atoms with Crippen LogP contribution in [0.1, 0.15) is 50.1 Å². The number of nitrogens with zero attached hydrogens (tertiary/aromatic N) is 5. The Balaban J connectivity index is 1.35. The molecule has 0 N–H and O–H groups in total. The van der Waals surface area contributed by atoms with E-state index in [0.717, 1.165) is 43.8 Å². The van der Waals surface area contributed by atoms with Gasteiger partial charge in [-0.1, -0.05) is 54.9 Å². The van der Waals surface area contributed by atoms with Crippen molar-refractivity contribution in [1.82, 2.24) is 25.1 Å². The smallest absolute Gasteiger partial charge is 0.233 e. The van der Waals surface area contributed by atoms with Crippen LogP contribution in [-0.4, -0.2) is 49.4 Å². The zero-order chi connectivity index (χ0) is 17.8. The molecule has 1 aliphatic heterocycles. The fourth-order valence-corrected chi connectivity index (χ4v) is 4.96. The van der Waals surface area contributed by atoms with Gasteiger partial charge in [-0.05, 0) is 48.1 Å². The van der Waals surface area contributed by atoms with Crippen LogP contribution >= 0.6 is 11.8 Å². The Kier molecular flexibility index (Phi) is 5.53. The Bertz CT molecular complexity index is 729. The summed E-state index contributed by atoms with van der Waals surface area (Å²) in [5.41, 5.74) is 1.30. The van der Waals surface area contributed by atoms with Crippen LogP contribution < -0.4 is 0 Å². The van der Waals surface area contributed by atoms with Crippen molar-refractivity contribution in [1.29, 1.82) is 0 Å². The topological polar surface area (TPSA) is 63.9 Å². The molecular formula is C19H25N5OS. The SMILES string of the molecule is O=C(CSc1nnnn1C1CCCC1)N1CCCC1Cc1ccccc1. The van der Waals surface area contributed by atoms with Crippen molar-refractivity contribution in [2.24, 2.45) is 0 Å². The molecule has 0 radical (unpaired) electrons. The van der Waals surface area contributed by atoms with Crippen LogP contribution in [0.5, 0.6) is 0 Å². The maximum Gasteiger partial charge on any atom is 0.233 e. The lowest BCUT2D eigenvalue weighted by Crippen LogP contribution is -2.38. The molecule has 2 aliphatic rings. The van der Waals surface area contributed by atoms with Crippen LogP contribution in [0.25, 0.3) is 0 Å². The van der Waals surface area contributed by atoms with E-state index in [1.807, 2.05) is 10.7 Å². The monoisotopic (exact) mass is 371 g/mol. The second-order valence-electron chi connectivity index (χ2n) is 7.21. The molecule has 4 rings (SSSR count). The molecule has 138 valence electrons. The number of likely N-dealkylation sites (tertiary alicyclic amines) is 1. The molecule has 1 atom stereocenters. The van der Waals surface area contributed by atoms with E-state index in [4.69, 9.17) is 0 Å². The third-order valence-electron chi connectivity index (χ3n) is 5.47. The van der Waals surface area contributed by atoms with Crippen molar-refractivity contribution in [2.75, 3.05) is 12.3 Å². The molecule has 6 nitrogen and oxygen atoms in total. The molecule has 26 heavy (non-hydrogen) atoms. The molecule has 1 saturated carbocycles. The highest BCUT2D eigenvalue weighted by Crippen LogP contribution is 2.31. The summed E-state index contributed by atoms with van der Waals surface area (Å²) in [5.74, 6) is 0.618. The average Bonchev–Trinajstić information content (AvgIpc) is 3.41. The van der Waals surface area contributed by atoms with Crippen molar-refractivity contribution < 1.29 is 4.79 Å². The van der Waals surface area contributed by atoms with E-state index in [1.54, 1.807) is 0 Å². The van der Waals surface area contributed by atoms with Gasteiger partial charge in [-0.25, -0.2) is 4.68 Å². The third kappa shape index (κ3) is 3.92. The number of carbonyl (C=O) groups is 1. The minimum Gasteiger partial charge on any atom is -0.339 e. The summed E-state index contributed by atoms with van der Waals surface area (Å²) in [5, 5.41) is 12.9. The molecule has 1 amide bonds. The molecule has 1 aromatic heterocycles. The average molecular weight is 372 g/mol. The summed E-state index contributed by atoms with van der Waals surface area (Å²) in [4.78, 5) is 14.9. The van der Waals surface area contributed by atoms with E-state index in [9.17, 15) is 4.79 Å². The molecule has 1 aliphatic carbocycles. The largest absolute Gasteiger partial charge is 0.339 e. The summed E-state index contributed by atoms with van der Waals surface area (Å²) in [6, 6.07) is 11.2. The highest BCUT2D eigenvalue weighted by molar-refractivity contribution is 7.99. The van der Waals surface area contributed by atoms with Gasteiger partial charge in [0, 0.05) is 12.6 Å². The quantitative estimate of drug-likeness (QED) is 0.730. The van der Waals surface area contributed by atoms with Crippen molar-refractivity contribution >= 4 is 17.7 Å². The van der Waals surface area contributed by atoms with Crippen molar-refractivity contribution in [3.8, 4) is 0 Å². The molecule has 2 fully saturated rings. The fourth-order valence-electron chi connectivity index (χ4n) is 4.13. The van der Waals surface area contributed by atoms with Crippen molar-refractivity contribution in [3.05, 3.63) is 35.9 Å². The van der Waals surface area contributed by atoms with Crippen LogP contribution in [0, 0.1) is 0 Å². The van der Waals surface area contributed by atoms with Gasteiger partial charge in [0.25, 0.3) is 0 Å². The number of hydrogen-bond acceptors (Lipinski definition) is 5. The van der Waals surface area contributed by atoms with E-state index in [-0.39, 0.29) is 5.91 Å². The van der Waals surface area contributed by atoms with E-state index in [0.29, 0.717) is 17.8 Å². The highest BCUT2D eigenvalue weighted by atomic mass is 32.2. The summed E-state index contributed by atoms with van der Waals surface area (Å²) >= 11 is 1.48. The van der Waals surface area contributed by atoms with Crippen LogP contribution in [0.15, 0.2) is 35.5 Å². The number of aromatic nitrogens is 4. The lowest BCUT2D eigenvalue weighted by Gasteiger charge is -2.24. The highest BCUT2D eigenvalue weighted by Gasteiger charge is 2.29. The van der Waals surface area contributed by atoms with Gasteiger partial charge in [0.05, 0.1) is 11.8 Å². The molecule has 1 unspecified atom stereocenters. The number of benzene rings is 1. The van der Waals surface area contributed by atoms with Gasteiger partial charge >= 0.3 is 0 Å². The second kappa shape index (κ2) is 8.20. The molecular weight excluding hydrogens is 346 g/mol. The molecule has 1 aromatic carbocycles. The Labute approximate surface area is 158 Å². The predicted molar refractivity (Wildman–Crippen MR) is 101 cm³/mol. The van der Waals surface area contributed by atoms with Gasteiger partial charge in [-0.2, -0.15) is 0 Å². The maximum atomic E-state index is 12.8. The first-order valence-corrected chi connectivity index (χ1v) is 10.5. The number of tetrazole rings is 1. The molecule has 1 saturated heterocycles. The number of hydrogen-bond donors (Lipinski definition) is 0. The Hall–Kier alpha value is -1.89. The standard InChI is InChI=1S/C19H25N5OS/c25-18(14-26-19-20-21-22-24(19)16-9-4-5-10-16)23-12-6-11-17(23)13-15-7-2-1-3-8-15/h1-3,7-8,16-17H,4-6,9-14H2. The van der Waals surface area contributed by atoms with Crippen molar-refractivity contribution in [2.45, 2.75) is 62.2 Å². The Morgan fingerprint density at radius 1 is 1.12 bits per heavy atom. The van der Waals surface area contributed by atoms with Crippen LogP contribution in [-0.2, 0) is 11.2 Å². The lowest BCUT2D eigenvalue weighted by molar-refractivity contribution is -0.129. The second-order valence-corrected chi connectivity index (χ2v) is 8.15. The summed E-state index contributed by atoms with van der Waals surface area (Å²) < 4.78 is 1.93. The lowest BCUT2D eigenvalue weighted by atomic mass is 10.0. The van der Waals surface area contributed by atoms with E-state index in [2.05, 4.69) is 44.7 Å². The summed E-state index contributed by atoms with van der Waals surface area (Å²) in [6.07, 6.45) is 7.87. The van der Waals surface area contributed by atoms with Crippen LogP contribution in [0.2, 0.25) is 0 Å². The zero-order valence-electron chi connectivity index (χ0n) is 15.0. The normalized spacial score (nSPS) is 20.8. The van der Waals surface area contributed by atoms with E-state index >= 15 is 0 Å². The minimum atomic E-state index is 0.203. The number of rotatable bonds is 6. The van der Waals surface area contributed by atoms with Gasteiger partial charge in [0.15, 0.2) is 0 Å². The van der Waals surface area contributed by atoms with Gasteiger partial charge in [0.1, 0.15) is 0 Å². The van der Waals surface area contributed by atoms with E-state index in [1.165, 1.54) is 30.2 Å². The maximum absolute atomic E-state index is 12.8. The molecule has 2 heterocycles. The first-order valence-electron chi connectivity index (χ1n) is 9.55. The van der Waals surface area contributed by atoms with Crippen molar-refractivity contribution in [3.63, 3.8) is 0 Å². The van der Waals surface area contributed by atoms with Gasteiger partial charge in [-0.15, -0.1) is 5.10 Å². The Morgan fingerprint density at radius 2 is 1.92 bits per heavy atom. The molecule has 0 spiro atoms. The van der Waals surface area contributed by atoms with Gasteiger partial charge < -0.3 is 4.90 Å². The zero-order valence-corrected chi connectivity index (χ0v) is 15.8. The Morgan fingerprint density at radius 3 is 2.73 bits per heavy atom. The molecule has 7 heteroatoms. The predicted octanol–water partition coefficient (Wildman–Crippen LogP) is 3.11. The number of thioether (sulfide) groups is 1. The third-order valence-corrected chi connectivity index (χ3v) is 6.39. The van der Waals surface area contributed by atoms with Gasteiger partial charge in [0.2, 0.25) is 11.1 Å². The van der Waals surface area contributed by atoms with Crippen LogP contribution in [0.4, 0.5) is 0 Å². The van der Waals surface area contributed by atoms with Gasteiger partial charge in [-0.3, -0.25) is 4.79 Å². The van der Waals surface area contributed by atoms with Crippen LogP contribution in [0.3, 0.4) is 0 Å². The van der Waals surface area contributed by atoms with E-state index < -0.39 is 0 Å².